The second-order valence-electron chi connectivity index (χ2n) is 27.8. The fraction of sp³-hybridized carbons (Fsp3) is 0.474. The second kappa shape index (κ2) is 37.3. The number of likely N-dealkylation sites (N-methyl/N-ethyl adjacent to an activating group) is 2. The molecule has 566 valence electrons. The summed E-state index contributed by atoms with van der Waals surface area (Å²) in [6.07, 6.45) is -3.83. The Morgan fingerprint density at radius 3 is 1.90 bits per heavy atom. The number of halogens is 10. The number of hydrogen-bond donors (Lipinski definition) is 1. The molecule has 104 heavy (non-hydrogen) atoms. The summed E-state index contributed by atoms with van der Waals surface area (Å²) in [5.74, 6) is -1.76. The lowest BCUT2D eigenvalue weighted by molar-refractivity contribution is -0.143. The van der Waals surface area contributed by atoms with Crippen molar-refractivity contribution in [3.63, 3.8) is 0 Å². The van der Waals surface area contributed by atoms with Gasteiger partial charge in [0.05, 0.1) is 29.5 Å². The first-order valence-electron chi connectivity index (χ1n) is 35.0. The number of nitrogens with zero attached hydrogens (tertiary/aromatic N) is 7. The highest BCUT2D eigenvalue weighted by Gasteiger charge is 2.50. The molecule has 3 aliphatic heterocycles. The Balaban J connectivity index is 0.00000504. The average molecular weight is 1510 g/mol. The van der Waals surface area contributed by atoms with Crippen LogP contribution in [-0.2, 0) is 60.1 Å². The van der Waals surface area contributed by atoms with E-state index in [0.717, 1.165) is 97.5 Å². The Kier molecular flexibility index (Phi) is 30.1. The van der Waals surface area contributed by atoms with Crippen LogP contribution >= 0.6 is 37.2 Å². The molecule has 0 saturated carbocycles. The second-order valence-corrected chi connectivity index (χ2v) is 27.8. The Morgan fingerprint density at radius 1 is 0.635 bits per heavy atom. The zero-order valence-electron chi connectivity index (χ0n) is 59.8. The maximum atomic E-state index is 14.3. The van der Waals surface area contributed by atoms with Gasteiger partial charge in [-0.1, -0.05) is 91.3 Å². The van der Waals surface area contributed by atoms with E-state index in [1.807, 2.05) is 105 Å². The van der Waals surface area contributed by atoms with Gasteiger partial charge in [0.2, 0.25) is 11.8 Å². The molecule has 6 aromatic carbocycles. The fourth-order valence-electron chi connectivity index (χ4n) is 14.7. The molecule has 6 aromatic rings. The number of fused-ring (bicyclic) bond motifs is 2. The SMILES string of the molecule is Cc1cc(C(=O)N(C)CCCN(C)C(=O)CO[C@H]2Cc3ccccc3C23CCN(CC[C@]2(c4ccc(F)cc4)CN(C(=O)c4cc(C(F)(F)F)cc(C(F)(F)F)c4)CO2)CC3)cc(C)c1CN(C)CCCCCC(=O)N(C)CCN1CCC(OC(=O)Nc2ccccc2-c2ccccc2)CC1.Cl.Cl.Cl. The summed E-state index contributed by atoms with van der Waals surface area (Å²) >= 11 is 0. The zero-order valence-corrected chi connectivity index (χ0v) is 62.3. The number of ether oxygens (including phenoxy) is 3. The summed E-state index contributed by atoms with van der Waals surface area (Å²) in [6, 6.07) is 35.9. The first-order valence-corrected chi connectivity index (χ1v) is 35.0. The maximum absolute atomic E-state index is 14.3. The van der Waals surface area contributed by atoms with E-state index < -0.39 is 64.6 Å². The molecule has 16 nitrogen and oxygen atoms in total. The maximum Gasteiger partial charge on any atom is 0.416 e. The molecule has 3 saturated heterocycles. The van der Waals surface area contributed by atoms with Crippen molar-refractivity contribution < 1.29 is 68.9 Å². The number of unbranched alkanes of at least 4 members (excludes halogenated alkanes) is 2. The topological polar surface area (TPSA) is 148 Å². The number of carbonyl (C=O) groups is 5. The van der Waals surface area contributed by atoms with Gasteiger partial charge < -0.3 is 48.5 Å². The first-order chi connectivity index (χ1) is 48.2. The van der Waals surface area contributed by atoms with Crippen molar-refractivity contribution in [2.75, 3.05) is 119 Å². The number of para-hydroxylation sites is 1. The lowest BCUT2D eigenvalue weighted by Crippen LogP contribution is -2.50. The number of rotatable bonds is 27. The molecular weight excluding hydrogens is 1420 g/mol. The normalized spacial score (nSPS) is 17.5. The van der Waals surface area contributed by atoms with Gasteiger partial charge >= 0.3 is 18.4 Å². The zero-order chi connectivity index (χ0) is 72.2. The predicted octanol–water partition coefficient (Wildman–Crippen LogP) is 14.9. The van der Waals surface area contributed by atoms with Crippen LogP contribution in [0, 0.1) is 19.7 Å². The van der Waals surface area contributed by atoms with Crippen molar-refractivity contribution >= 4 is 72.6 Å². The van der Waals surface area contributed by atoms with Gasteiger partial charge in [0.25, 0.3) is 11.8 Å². The number of alkyl halides is 6. The minimum Gasteiger partial charge on any atom is -0.446 e. The van der Waals surface area contributed by atoms with Crippen LogP contribution < -0.4 is 5.32 Å². The van der Waals surface area contributed by atoms with Crippen LogP contribution in [0.4, 0.5) is 41.2 Å². The van der Waals surface area contributed by atoms with E-state index in [1.54, 1.807) is 23.9 Å². The standard InChI is InChI=1S/C78H93F7N8O8.3ClH/c1-54-44-58(45-55(2)66(54)50-87(3)34-16-8-11-24-70(94)89(5)42-43-91-37-29-64(30-38-91)101-74(98)86-68-23-15-13-21-65(68)56-18-9-7-10-19-56)72(96)90(6)36-17-35-88(4)71(95)51-99-69-48-57-20-12-14-22-67(57)75(69)31-39-92(40-32-75)41-33-76(60-25-27-63(79)28-26-60)52-93(53-100-76)73(97)59-46-61(77(80,81)82)49-62(47-59)78(83,84)85;;;/h7,9-10,12-15,18-23,25-28,44-47,49,64,69H,8,11,16-17,24,29-43,48,50-53H2,1-6H3,(H,86,98);3*1H/t69-,76+;;;/m0.../s1. The van der Waals surface area contributed by atoms with Crippen LogP contribution in [0.3, 0.4) is 0 Å². The molecule has 4 aliphatic rings. The van der Waals surface area contributed by atoms with Crippen molar-refractivity contribution in [2.24, 2.45) is 0 Å². The number of nitrogens with one attached hydrogen (secondary N) is 1. The van der Waals surface area contributed by atoms with Gasteiger partial charge in [-0.3, -0.25) is 24.5 Å². The number of anilines is 1. The van der Waals surface area contributed by atoms with Gasteiger partial charge in [-0.2, -0.15) is 26.3 Å². The summed E-state index contributed by atoms with van der Waals surface area (Å²) in [5, 5.41) is 2.94. The molecular formula is C78H96Cl3F7N8O8. The van der Waals surface area contributed by atoms with Crippen LogP contribution in [0.2, 0.25) is 0 Å². The van der Waals surface area contributed by atoms with Crippen LogP contribution in [-0.4, -0.2) is 190 Å². The summed E-state index contributed by atoms with van der Waals surface area (Å²) in [7, 11) is 7.46. The van der Waals surface area contributed by atoms with E-state index in [9.17, 15) is 54.7 Å². The lowest BCUT2D eigenvalue weighted by Gasteiger charge is -2.44. The highest BCUT2D eigenvalue weighted by molar-refractivity contribution is 5.96. The molecule has 0 bridgehead atoms. The van der Waals surface area contributed by atoms with E-state index in [1.165, 1.54) is 35.4 Å². The third kappa shape index (κ3) is 21.2. The predicted molar refractivity (Wildman–Crippen MR) is 394 cm³/mol. The van der Waals surface area contributed by atoms with Crippen molar-refractivity contribution in [3.05, 3.63) is 195 Å². The third-order valence-electron chi connectivity index (χ3n) is 20.8. The Labute approximate surface area is 624 Å². The molecule has 1 spiro atoms. The summed E-state index contributed by atoms with van der Waals surface area (Å²) in [4.78, 5) is 80.4. The van der Waals surface area contributed by atoms with Gasteiger partial charge in [0.15, 0.2) is 0 Å². The van der Waals surface area contributed by atoms with Crippen LogP contribution in [0.15, 0.2) is 133 Å². The summed E-state index contributed by atoms with van der Waals surface area (Å²) < 4.78 is 116. The summed E-state index contributed by atoms with van der Waals surface area (Å²) in [6.45, 7) is 10.3. The molecule has 3 heterocycles. The molecule has 26 heteroatoms. The highest BCUT2D eigenvalue weighted by Crippen LogP contribution is 2.49. The highest BCUT2D eigenvalue weighted by atomic mass is 35.5. The molecule has 1 aliphatic carbocycles. The number of benzene rings is 6. The molecule has 10 rings (SSSR count). The third-order valence-corrected chi connectivity index (χ3v) is 20.8. The molecule has 0 aromatic heterocycles. The smallest absolute Gasteiger partial charge is 0.416 e. The largest absolute Gasteiger partial charge is 0.446 e. The minimum atomic E-state index is -5.15. The summed E-state index contributed by atoms with van der Waals surface area (Å²) in [5.41, 5.74) is 3.61. The van der Waals surface area contributed by atoms with E-state index in [4.69, 9.17) is 14.2 Å². The number of aryl methyl sites for hydroxylation is 2. The van der Waals surface area contributed by atoms with Crippen LogP contribution in [0.1, 0.15) is 129 Å². The Hall–Kier alpha value is -7.35. The van der Waals surface area contributed by atoms with Crippen LogP contribution in [0.5, 0.6) is 0 Å². The van der Waals surface area contributed by atoms with Crippen molar-refractivity contribution in [1.82, 2.24) is 34.3 Å². The van der Waals surface area contributed by atoms with E-state index in [0.29, 0.717) is 100 Å². The van der Waals surface area contributed by atoms with Gasteiger partial charge in [0.1, 0.15) is 30.9 Å². The number of amides is 5. The molecule has 3 fully saturated rings. The van der Waals surface area contributed by atoms with Gasteiger partial charge in [0, 0.05) is 102 Å². The van der Waals surface area contributed by atoms with Crippen molar-refractivity contribution in [3.8, 4) is 11.1 Å². The monoisotopic (exact) mass is 1510 g/mol. The van der Waals surface area contributed by atoms with Crippen molar-refractivity contribution in [2.45, 2.75) is 127 Å². The van der Waals surface area contributed by atoms with E-state index >= 15 is 0 Å². The van der Waals surface area contributed by atoms with Gasteiger partial charge in [-0.25, -0.2) is 9.18 Å². The molecule has 1 N–H and O–H groups in total. The first kappa shape index (κ1) is 83.9. The Morgan fingerprint density at radius 2 is 1.24 bits per heavy atom. The van der Waals surface area contributed by atoms with Crippen molar-refractivity contribution in [1.29, 1.82) is 0 Å². The van der Waals surface area contributed by atoms with Gasteiger partial charge in [-0.05, 0) is 186 Å². The lowest BCUT2D eigenvalue weighted by atomic mass is 9.72. The number of hydrogen-bond acceptors (Lipinski definition) is 11. The molecule has 0 radical (unpaired) electrons. The number of likely N-dealkylation sites (tertiary alicyclic amines) is 2. The molecule has 0 unspecified atom stereocenters. The number of carbonyl (C=O) groups excluding carboxylic acids is 5. The van der Waals surface area contributed by atoms with E-state index in [2.05, 4.69) is 39.2 Å². The van der Waals surface area contributed by atoms with E-state index in [-0.39, 0.29) is 92.8 Å². The molecule has 5 amide bonds. The quantitative estimate of drug-likeness (QED) is 0.0388. The minimum absolute atomic E-state index is 0. The Bertz CT molecular complexity index is 3810. The average Bonchev–Trinajstić information content (AvgIpc) is 1.59. The van der Waals surface area contributed by atoms with Gasteiger partial charge in [-0.15, -0.1) is 37.2 Å². The van der Waals surface area contributed by atoms with Crippen LogP contribution in [0.25, 0.3) is 11.1 Å². The fourth-order valence-corrected chi connectivity index (χ4v) is 14.7. The number of piperidine rings is 2. The molecule has 2 atom stereocenters.